The van der Waals surface area contributed by atoms with Crippen LogP contribution in [0.2, 0.25) is 0 Å². The molecule has 0 atom stereocenters. The van der Waals surface area contributed by atoms with Gasteiger partial charge in [-0.05, 0) is 18.6 Å². The van der Waals surface area contributed by atoms with Crippen molar-refractivity contribution in [2.24, 2.45) is 0 Å². The molecular formula is C8H10ClN. The SMILES string of the molecule is Cc1cccnc1CCCl. The molecule has 10 heavy (non-hydrogen) atoms. The number of pyridine rings is 1. The zero-order chi connectivity index (χ0) is 7.40. The number of aromatic nitrogens is 1. The number of nitrogens with zero attached hydrogens (tertiary/aromatic N) is 1. The van der Waals surface area contributed by atoms with Crippen LogP contribution in [-0.4, -0.2) is 10.9 Å². The van der Waals surface area contributed by atoms with E-state index in [2.05, 4.69) is 18.0 Å². The first-order valence-electron chi connectivity index (χ1n) is 3.31. The Morgan fingerprint density at radius 3 is 3.00 bits per heavy atom. The van der Waals surface area contributed by atoms with Gasteiger partial charge in [-0.3, -0.25) is 4.98 Å². The molecular weight excluding hydrogens is 146 g/mol. The molecule has 1 heterocycles. The smallest absolute Gasteiger partial charge is 0.0444 e. The lowest BCUT2D eigenvalue weighted by molar-refractivity contribution is 1.01. The minimum atomic E-state index is 0.651. The second kappa shape index (κ2) is 3.57. The summed E-state index contributed by atoms with van der Waals surface area (Å²) in [5.41, 5.74) is 2.33. The van der Waals surface area contributed by atoms with E-state index in [1.165, 1.54) is 5.56 Å². The topological polar surface area (TPSA) is 12.9 Å². The Kier molecular flexibility index (Phi) is 2.69. The van der Waals surface area contributed by atoms with Crippen molar-refractivity contribution >= 4 is 11.6 Å². The molecule has 0 fully saturated rings. The molecule has 0 saturated heterocycles. The fourth-order valence-corrected chi connectivity index (χ4v) is 1.05. The molecule has 0 aliphatic heterocycles. The first-order chi connectivity index (χ1) is 4.84. The van der Waals surface area contributed by atoms with E-state index in [1.54, 1.807) is 6.20 Å². The summed E-state index contributed by atoms with van der Waals surface area (Å²) in [5, 5.41) is 0. The molecule has 2 heteroatoms. The number of hydrogen-bond acceptors (Lipinski definition) is 1. The lowest BCUT2D eigenvalue weighted by atomic mass is 10.2. The Morgan fingerprint density at radius 2 is 2.40 bits per heavy atom. The Labute approximate surface area is 66.0 Å². The van der Waals surface area contributed by atoms with Crippen molar-refractivity contribution in [1.82, 2.24) is 4.98 Å². The van der Waals surface area contributed by atoms with Gasteiger partial charge in [-0.15, -0.1) is 11.6 Å². The van der Waals surface area contributed by atoms with E-state index in [4.69, 9.17) is 11.6 Å². The maximum Gasteiger partial charge on any atom is 0.0444 e. The highest BCUT2D eigenvalue weighted by Crippen LogP contribution is 2.03. The van der Waals surface area contributed by atoms with E-state index in [0.717, 1.165) is 12.1 Å². The summed E-state index contributed by atoms with van der Waals surface area (Å²) < 4.78 is 0. The van der Waals surface area contributed by atoms with E-state index in [9.17, 15) is 0 Å². The highest BCUT2D eigenvalue weighted by Gasteiger charge is 1.95. The van der Waals surface area contributed by atoms with Gasteiger partial charge in [-0.2, -0.15) is 0 Å². The highest BCUT2D eigenvalue weighted by molar-refractivity contribution is 6.17. The molecule has 0 N–H and O–H groups in total. The summed E-state index contributed by atoms with van der Waals surface area (Å²) in [6, 6.07) is 3.99. The average molecular weight is 156 g/mol. The number of hydrogen-bond donors (Lipinski definition) is 0. The second-order valence-electron chi connectivity index (χ2n) is 2.21. The quantitative estimate of drug-likeness (QED) is 0.597. The molecule has 0 aromatic carbocycles. The van der Waals surface area contributed by atoms with E-state index in [1.807, 2.05) is 6.07 Å². The maximum atomic E-state index is 5.57. The van der Waals surface area contributed by atoms with Crippen LogP contribution in [0.5, 0.6) is 0 Å². The van der Waals surface area contributed by atoms with Crippen LogP contribution in [0, 0.1) is 6.92 Å². The van der Waals surface area contributed by atoms with E-state index >= 15 is 0 Å². The minimum Gasteiger partial charge on any atom is -0.261 e. The van der Waals surface area contributed by atoms with Crippen molar-refractivity contribution < 1.29 is 0 Å². The molecule has 0 amide bonds. The Balaban J connectivity index is 2.81. The Morgan fingerprint density at radius 1 is 1.60 bits per heavy atom. The number of rotatable bonds is 2. The summed E-state index contributed by atoms with van der Waals surface area (Å²) in [6.45, 7) is 2.05. The van der Waals surface area contributed by atoms with Crippen LogP contribution in [0.4, 0.5) is 0 Å². The predicted molar refractivity (Wildman–Crippen MR) is 43.4 cm³/mol. The van der Waals surface area contributed by atoms with Gasteiger partial charge in [0, 0.05) is 24.2 Å². The van der Waals surface area contributed by atoms with Crippen molar-refractivity contribution in [1.29, 1.82) is 0 Å². The lowest BCUT2D eigenvalue weighted by Gasteiger charge is -1.99. The van der Waals surface area contributed by atoms with Gasteiger partial charge < -0.3 is 0 Å². The minimum absolute atomic E-state index is 0.651. The van der Waals surface area contributed by atoms with Gasteiger partial charge in [0.25, 0.3) is 0 Å². The van der Waals surface area contributed by atoms with Crippen molar-refractivity contribution in [2.45, 2.75) is 13.3 Å². The Hall–Kier alpha value is -0.560. The van der Waals surface area contributed by atoms with E-state index in [-0.39, 0.29) is 0 Å². The molecule has 1 rings (SSSR count). The van der Waals surface area contributed by atoms with Crippen LogP contribution in [0.15, 0.2) is 18.3 Å². The highest BCUT2D eigenvalue weighted by atomic mass is 35.5. The molecule has 54 valence electrons. The lowest BCUT2D eigenvalue weighted by Crippen LogP contribution is -1.93. The molecule has 0 aliphatic carbocycles. The fourth-order valence-electron chi connectivity index (χ4n) is 0.870. The zero-order valence-corrected chi connectivity index (χ0v) is 6.73. The molecule has 0 aliphatic rings. The van der Waals surface area contributed by atoms with Gasteiger partial charge in [0.05, 0.1) is 0 Å². The largest absolute Gasteiger partial charge is 0.261 e. The monoisotopic (exact) mass is 155 g/mol. The third-order valence-electron chi connectivity index (χ3n) is 1.45. The van der Waals surface area contributed by atoms with E-state index in [0.29, 0.717) is 5.88 Å². The van der Waals surface area contributed by atoms with Crippen molar-refractivity contribution in [3.05, 3.63) is 29.6 Å². The molecule has 0 bridgehead atoms. The predicted octanol–water partition coefficient (Wildman–Crippen LogP) is 2.17. The van der Waals surface area contributed by atoms with Crippen molar-refractivity contribution in [3.63, 3.8) is 0 Å². The van der Waals surface area contributed by atoms with Crippen LogP contribution in [0.25, 0.3) is 0 Å². The van der Waals surface area contributed by atoms with Crippen LogP contribution in [-0.2, 0) is 6.42 Å². The molecule has 1 nitrogen and oxygen atoms in total. The first-order valence-corrected chi connectivity index (χ1v) is 3.84. The van der Waals surface area contributed by atoms with Gasteiger partial charge in [-0.25, -0.2) is 0 Å². The third-order valence-corrected chi connectivity index (χ3v) is 1.64. The number of halogens is 1. The fraction of sp³-hybridized carbons (Fsp3) is 0.375. The molecule has 0 radical (unpaired) electrons. The maximum absolute atomic E-state index is 5.57. The molecule has 0 spiro atoms. The summed E-state index contributed by atoms with van der Waals surface area (Å²) >= 11 is 5.57. The van der Waals surface area contributed by atoms with Crippen LogP contribution in [0.3, 0.4) is 0 Å². The van der Waals surface area contributed by atoms with Crippen molar-refractivity contribution in [3.8, 4) is 0 Å². The summed E-state index contributed by atoms with van der Waals surface area (Å²) in [5.74, 6) is 0.651. The number of alkyl halides is 1. The standard InChI is InChI=1S/C8H10ClN/c1-7-3-2-6-10-8(7)4-5-9/h2-3,6H,4-5H2,1H3. The summed E-state index contributed by atoms with van der Waals surface area (Å²) in [4.78, 5) is 4.18. The average Bonchev–Trinajstić information content (AvgIpc) is 1.94. The van der Waals surface area contributed by atoms with Crippen LogP contribution in [0.1, 0.15) is 11.3 Å². The van der Waals surface area contributed by atoms with Gasteiger partial charge in [-0.1, -0.05) is 6.07 Å². The normalized spacial score (nSPS) is 9.80. The second-order valence-corrected chi connectivity index (χ2v) is 2.58. The van der Waals surface area contributed by atoms with Crippen LogP contribution < -0.4 is 0 Å². The van der Waals surface area contributed by atoms with Crippen LogP contribution >= 0.6 is 11.6 Å². The molecule has 0 saturated carbocycles. The first kappa shape index (κ1) is 7.55. The van der Waals surface area contributed by atoms with E-state index < -0.39 is 0 Å². The summed E-state index contributed by atoms with van der Waals surface area (Å²) in [6.07, 6.45) is 2.67. The number of aryl methyl sites for hydroxylation is 2. The molecule has 0 unspecified atom stereocenters. The van der Waals surface area contributed by atoms with Gasteiger partial charge in [0.1, 0.15) is 0 Å². The van der Waals surface area contributed by atoms with Gasteiger partial charge >= 0.3 is 0 Å². The third kappa shape index (κ3) is 1.71. The molecule has 1 aromatic rings. The summed E-state index contributed by atoms with van der Waals surface area (Å²) in [7, 11) is 0. The Bertz CT molecular complexity index is 210. The zero-order valence-electron chi connectivity index (χ0n) is 5.97. The van der Waals surface area contributed by atoms with Gasteiger partial charge in [0.15, 0.2) is 0 Å². The van der Waals surface area contributed by atoms with Crippen molar-refractivity contribution in [2.75, 3.05) is 5.88 Å². The molecule has 1 aromatic heterocycles. The van der Waals surface area contributed by atoms with Gasteiger partial charge in [0.2, 0.25) is 0 Å².